The number of nitrogens with zero attached hydrogens (tertiary/aromatic N) is 3. The van der Waals surface area contributed by atoms with Gasteiger partial charge in [0.25, 0.3) is 0 Å². The molecular formula is C17H23N3O3S. The summed E-state index contributed by atoms with van der Waals surface area (Å²) in [5.74, 6) is 1.47. The van der Waals surface area contributed by atoms with Gasteiger partial charge in [0.2, 0.25) is 0 Å². The first-order valence-electron chi connectivity index (χ1n) is 7.82. The number of carbonyl (C=O) groups is 1. The van der Waals surface area contributed by atoms with Crippen LogP contribution in [0.2, 0.25) is 0 Å². The van der Waals surface area contributed by atoms with E-state index in [9.17, 15) is 4.79 Å². The quantitative estimate of drug-likeness (QED) is 0.564. The second kappa shape index (κ2) is 8.19. The predicted molar refractivity (Wildman–Crippen MR) is 93.4 cm³/mol. The molecule has 0 saturated carbocycles. The number of hydrogen-bond acceptors (Lipinski definition) is 6. The van der Waals surface area contributed by atoms with E-state index in [4.69, 9.17) is 4.74 Å². The van der Waals surface area contributed by atoms with Crippen LogP contribution in [0.1, 0.15) is 36.9 Å². The number of hydrogen-bond donors (Lipinski definition) is 0. The van der Waals surface area contributed by atoms with Crippen LogP contribution in [0, 0.1) is 13.8 Å². The van der Waals surface area contributed by atoms with Gasteiger partial charge in [-0.2, -0.15) is 0 Å². The van der Waals surface area contributed by atoms with Crippen molar-refractivity contribution >= 4 is 17.7 Å². The Balaban J connectivity index is 2.13. The van der Waals surface area contributed by atoms with Gasteiger partial charge in [-0.15, -0.1) is 10.2 Å². The van der Waals surface area contributed by atoms with Crippen molar-refractivity contribution in [2.24, 2.45) is 0 Å². The number of rotatable bonds is 7. The van der Waals surface area contributed by atoms with E-state index in [1.54, 1.807) is 0 Å². The summed E-state index contributed by atoms with van der Waals surface area (Å²) in [5.41, 5.74) is 2.42. The highest BCUT2D eigenvalue weighted by molar-refractivity contribution is 7.99. The van der Waals surface area contributed by atoms with Crippen molar-refractivity contribution < 1.29 is 14.3 Å². The van der Waals surface area contributed by atoms with Crippen LogP contribution in [0.15, 0.2) is 23.4 Å². The molecule has 130 valence electrons. The fourth-order valence-electron chi connectivity index (χ4n) is 2.23. The number of aromatic nitrogens is 3. The normalized spacial score (nSPS) is 12.0. The molecule has 7 heteroatoms. The number of methoxy groups -OCH3 is 1. The van der Waals surface area contributed by atoms with Crippen molar-refractivity contribution in [1.82, 2.24) is 14.8 Å². The zero-order valence-corrected chi connectivity index (χ0v) is 15.5. The van der Waals surface area contributed by atoms with Gasteiger partial charge in [-0.1, -0.05) is 17.8 Å². The first-order chi connectivity index (χ1) is 11.5. The van der Waals surface area contributed by atoms with Gasteiger partial charge in [-0.05, 0) is 51.0 Å². The summed E-state index contributed by atoms with van der Waals surface area (Å²) in [6.45, 7) is 8.79. The second-order valence-corrected chi connectivity index (χ2v) is 6.40. The Bertz CT molecular complexity index is 715. The Hall–Kier alpha value is -2.02. The largest absolute Gasteiger partial charge is 0.483 e. The predicted octanol–water partition coefficient (Wildman–Crippen LogP) is 3.32. The average Bonchev–Trinajstić information content (AvgIpc) is 2.99. The second-order valence-electron chi connectivity index (χ2n) is 5.46. The lowest BCUT2D eigenvalue weighted by atomic mass is 10.1. The van der Waals surface area contributed by atoms with Crippen LogP contribution in [-0.2, 0) is 16.1 Å². The van der Waals surface area contributed by atoms with E-state index in [0.29, 0.717) is 11.7 Å². The lowest BCUT2D eigenvalue weighted by Gasteiger charge is -2.16. The molecule has 0 fully saturated rings. The summed E-state index contributed by atoms with van der Waals surface area (Å²) in [6, 6.07) is 6.02. The standard InChI is InChI=1S/C17H23N3O3S/c1-6-20-16(18-19-17(20)24-10-15(21)22-5)13(4)23-14-8-7-11(2)12(3)9-14/h7-9,13H,6,10H2,1-5H3. The molecule has 24 heavy (non-hydrogen) atoms. The zero-order valence-electron chi connectivity index (χ0n) is 14.7. The van der Waals surface area contributed by atoms with Crippen molar-refractivity contribution in [2.75, 3.05) is 12.9 Å². The third kappa shape index (κ3) is 4.29. The molecular weight excluding hydrogens is 326 g/mol. The lowest BCUT2D eigenvalue weighted by molar-refractivity contribution is -0.137. The van der Waals surface area contributed by atoms with Gasteiger partial charge in [-0.25, -0.2) is 0 Å². The third-order valence-electron chi connectivity index (χ3n) is 3.76. The molecule has 0 bridgehead atoms. The first kappa shape index (κ1) is 18.3. The maximum Gasteiger partial charge on any atom is 0.316 e. The topological polar surface area (TPSA) is 66.2 Å². The summed E-state index contributed by atoms with van der Waals surface area (Å²) in [4.78, 5) is 11.3. The van der Waals surface area contributed by atoms with Gasteiger partial charge < -0.3 is 14.0 Å². The minimum Gasteiger partial charge on any atom is -0.483 e. The molecule has 0 aliphatic rings. The summed E-state index contributed by atoms with van der Waals surface area (Å²) in [7, 11) is 1.37. The van der Waals surface area contributed by atoms with E-state index in [0.717, 1.165) is 11.6 Å². The molecule has 0 aliphatic heterocycles. The van der Waals surface area contributed by atoms with Crippen LogP contribution in [0.4, 0.5) is 0 Å². The SMILES string of the molecule is CCn1c(SCC(=O)OC)nnc1C(C)Oc1ccc(C)c(C)c1. The smallest absolute Gasteiger partial charge is 0.316 e. The molecule has 1 aromatic heterocycles. The molecule has 2 rings (SSSR count). The Labute approximate surface area is 146 Å². The molecule has 6 nitrogen and oxygen atoms in total. The Morgan fingerprint density at radius 2 is 2.04 bits per heavy atom. The number of aryl methyl sites for hydroxylation is 2. The fourth-order valence-corrected chi connectivity index (χ4v) is 3.07. The number of benzene rings is 1. The van der Waals surface area contributed by atoms with E-state index < -0.39 is 0 Å². The van der Waals surface area contributed by atoms with Crippen molar-refractivity contribution in [3.8, 4) is 5.75 Å². The van der Waals surface area contributed by atoms with Crippen LogP contribution in [-0.4, -0.2) is 33.6 Å². The van der Waals surface area contributed by atoms with Gasteiger partial charge in [0, 0.05) is 6.54 Å². The highest BCUT2D eigenvalue weighted by atomic mass is 32.2. The molecule has 0 radical (unpaired) electrons. The van der Waals surface area contributed by atoms with Crippen molar-refractivity contribution in [3.63, 3.8) is 0 Å². The maximum absolute atomic E-state index is 11.3. The van der Waals surface area contributed by atoms with Crippen molar-refractivity contribution in [1.29, 1.82) is 0 Å². The molecule has 0 spiro atoms. The molecule has 1 heterocycles. The number of ether oxygens (including phenoxy) is 2. The van der Waals surface area contributed by atoms with Crippen LogP contribution >= 0.6 is 11.8 Å². The van der Waals surface area contributed by atoms with Crippen LogP contribution in [0.5, 0.6) is 5.75 Å². The highest BCUT2D eigenvalue weighted by Gasteiger charge is 2.19. The summed E-state index contributed by atoms with van der Waals surface area (Å²) >= 11 is 1.31. The monoisotopic (exact) mass is 349 g/mol. The van der Waals surface area contributed by atoms with E-state index in [-0.39, 0.29) is 17.8 Å². The maximum atomic E-state index is 11.3. The van der Waals surface area contributed by atoms with Gasteiger partial charge in [-0.3, -0.25) is 4.79 Å². The van der Waals surface area contributed by atoms with Gasteiger partial charge in [0.05, 0.1) is 12.9 Å². The van der Waals surface area contributed by atoms with E-state index in [2.05, 4.69) is 28.8 Å². The molecule has 0 aliphatic carbocycles. The summed E-state index contributed by atoms with van der Waals surface area (Å²) in [5, 5.41) is 9.11. The van der Waals surface area contributed by atoms with E-state index in [1.807, 2.05) is 36.6 Å². The first-order valence-corrected chi connectivity index (χ1v) is 8.81. The minimum atomic E-state index is -0.286. The molecule has 1 atom stereocenters. The summed E-state index contributed by atoms with van der Waals surface area (Å²) in [6.07, 6.45) is -0.243. The molecule has 2 aromatic rings. The van der Waals surface area contributed by atoms with E-state index >= 15 is 0 Å². The fraction of sp³-hybridized carbons (Fsp3) is 0.471. The minimum absolute atomic E-state index is 0.209. The molecule has 0 N–H and O–H groups in total. The van der Waals surface area contributed by atoms with Crippen LogP contribution in [0.25, 0.3) is 0 Å². The van der Waals surface area contributed by atoms with Gasteiger partial charge in [0.15, 0.2) is 17.1 Å². The Morgan fingerprint density at radius 1 is 1.29 bits per heavy atom. The third-order valence-corrected chi connectivity index (χ3v) is 4.70. The molecule has 1 unspecified atom stereocenters. The van der Waals surface area contributed by atoms with Gasteiger partial charge in [0.1, 0.15) is 5.75 Å². The highest BCUT2D eigenvalue weighted by Crippen LogP contribution is 2.25. The number of thioether (sulfide) groups is 1. The van der Waals surface area contributed by atoms with Crippen molar-refractivity contribution in [3.05, 3.63) is 35.2 Å². The molecule has 1 aromatic carbocycles. The number of carbonyl (C=O) groups excluding carboxylic acids is 1. The summed E-state index contributed by atoms with van der Waals surface area (Å²) < 4.78 is 12.6. The Kier molecular flexibility index (Phi) is 6.25. The van der Waals surface area contributed by atoms with Crippen molar-refractivity contribution in [2.45, 2.75) is 45.5 Å². The van der Waals surface area contributed by atoms with Crippen LogP contribution < -0.4 is 4.74 Å². The molecule has 0 amide bonds. The molecule has 0 saturated heterocycles. The average molecular weight is 349 g/mol. The van der Waals surface area contributed by atoms with Gasteiger partial charge >= 0.3 is 5.97 Å². The van der Waals surface area contributed by atoms with E-state index in [1.165, 1.54) is 30.0 Å². The lowest BCUT2D eigenvalue weighted by Crippen LogP contribution is -2.12. The van der Waals surface area contributed by atoms with Crippen LogP contribution in [0.3, 0.4) is 0 Å². The number of esters is 1. The zero-order chi connectivity index (χ0) is 17.7. The Morgan fingerprint density at radius 3 is 2.67 bits per heavy atom.